The summed E-state index contributed by atoms with van der Waals surface area (Å²) in [4.78, 5) is 12.3. The lowest BCUT2D eigenvalue weighted by Crippen LogP contribution is -2.38. The number of nitrogens with one attached hydrogen (secondary N) is 2. The molecule has 1 aliphatic heterocycles. The molecule has 0 bridgehead atoms. The van der Waals surface area contributed by atoms with E-state index >= 15 is 0 Å². The van der Waals surface area contributed by atoms with Crippen molar-refractivity contribution in [1.29, 1.82) is 0 Å². The second kappa shape index (κ2) is 8.34. The highest BCUT2D eigenvalue weighted by atomic mass is 32.1. The second-order valence-electron chi connectivity index (χ2n) is 6.43. The fourth-order valence-corrected chi connectivity index (χ4v) is 3.84. The summed E-state index contributed by atoms with van der Waals surface area (Å²) in [6.07, 6.45) is 4.51. The molecule has 1 atom stereocenters. The van der Waals surface area contributed by atoms with Crippen LogP contribution in [-0.4, -0.2) is 31.1 Å². The first-order valence-electron chi connectivity index (χ1n) is 8.89. The molecule has 0 spiro atoms. The predicted molar refractivity (Wildman–Crippen MR) is 106 cm³/mol. The van der Waals surface area contributed by atoms with Crippen molar-refractivity contribution >= 4 is 23.0 Å². The van der Waals surface area contributed by atoms with Crippen LogP contribution >= 0.6 is 11.3 Å². The van der Waals surface area contributed by atoms with Gasteiger partial charge in [-0.2, -0.15) is 0 Å². The minimum Gasteiger partial charge on any atom is -0.372 e. The van der Waals surface area contributed by atoms with E-state index in [2.05, 4.69) is 56.7 Å². The molecule has 3 rings (SSSR count). The third-order valence-corrected chi connectivity index (χ3v) is 5.43. The monoisotopic (exact) mass is 357 g/mol. The predicted octanol–water partition coefficient (Wildman–Crippen LogP) is 3.48. The Morgan fingerprint density at radius 3 is 2.84 bits per heavy atom. The molecule has 0 saturated carbocycles. The highest BCUT2D eigenvalue weighted by molar-refractivity contribution is 7.11. The van der Waals surface area contributed by atoms with Crippen LogP contribution in [0.3, 0.4) is 0 Å². The molecule has 0 radical (unpaired) electrons. The van der Waals surface area contributed by atoms with Gasteiger partial charge in [0.1, 0.15) is 0 Å². The highest BCUT2D eigenvalue weighted by Crippen LogP contribution is 2.24. The largest absolute Gasteiger partial charge is 0.372 e. The molecule has 1 aromatic carbocycles. The quantitative estimate of drug-likeness (QED) is 0.635. The number of anilines is 1. The minimum absolute atomic E-state index is 0.192. The molecule has 2 heterocycles. The number of hydrogen-bond donors (Lipinski definition) is 2. The molecule has 5 nitrogen and oxygen atoms in total. The first kappa shape index (κ1) is 17.7. The number of hydrogen-bond acceptors (Lipinski definition) is 4. The Bertz CT molecular complexity index is 718. The molecular formula is C19H27N5S. The Labute approximate surface area is 154 Å². The van der Waals surface area contributed by atoms with E-state index in [4.69, 9.17) is 0 Å². The molecule has 134 valence electrons. The van der Waals surface area contributed by atoms with Gasteiger partial charge in [-0.15, -0.1) is 11.3 Å². The van der Waals surface area contributed by atoms with Gasteiger partial charge in [0.2, 0.25) is 0 Å². The number of rotatable bonds is 5. The summed E-state index contributed by atoms with van der Waals surface area (Å²) < 4.78 is 0. The average molecular weight is 358 g/mol. The number of thiazole rings is 1. The second-order valence-corrected chi connectivity index (χ2v) is 7.75. The summed E-state index contributed by atoms with van der Waals surface area (Å²) in [7, 11) is 1.81. The lowest BCUT2D eigenvalue weighted by Gasteiger charge is -2.22. The van der Waals surface area contributed by atoms with Gasteiger partial charge in [-0.05, 0) is 44.4 Å². The standard InChI is InChI=1S/C19H27N5S/c1-14(16-7-6-8-17(11-16)24-9-4-5-10-24)23-19(20-3)22-13-18-12-21-15(2)25-18/h6-8,11-12,14H,4-5,9-10,13H2,1-3H3,(H2,20,22,23). The summed E-state index contributed by atoms with van der Waals surface area (Å²) >= 11 is 1.71. The van der Waals surface area contributed by atoms with Gasteiger partial charge in [0.15, 0.2) is 5.96 Å². The first-order chi connectivity index (χ1) is 12.2. The van der Waals surface area contributed by atoms with Crippen molar-refractivity contribution in [2.75, 3.05) is 25.0 Å². The van der Waals surface area contributed by atoms with Gasteiger partial charge in [-0.25, -0.2) is 4.98 Å². The Balaban J connectivity index is 1.59. The van der Waals surface area contributed by atoms with Crippen LogP contribution in [-0.2, 0) is 6.54 Å². The Kier molecular flexibility index (Phi) is 5.91. The van der Waals surface area contributed by atoms with Crippen molar-refractivity contribution in [2.45, 2.75) is 39.3 Å². The summed E-state index contributed by atoms with van der Waals surface area (Å²) in [6.45, 7) is 7.28. The molecule has 2 aromatic rings. The summed E-state index contributed by atoms with van der Waals surface area (Å²) in [5.41, 5.74) is 2.60. The third-order valence-electron chi connectivity index (χ3n) is 4.52. The van der Waals surface area contributed by atoms with Gasteiger partial charge >= 0.3 is 0 Å². The van der Waals surface area contributed by atoms with Gasteiger partial charge in [0, 0.05) is 36.9 Å². The molecule has 1 aliphatic rings. The first-order valence-corrected chi connectivity index (χ1v) is 9.71. The maximum Gasteiger partial charge on any atom is 0.191 e. The van der Waals surface area contributed by atoms with E-state index in [-0.39, 0.29) is 6.04 Å². The third kappa shape index (κ3) is 4.72. The summed E-state index contributed by atoms with van der Waals surface area (Å²) in [5, 5.41) is 7.94. The zero-order valence-electron chi connectivity index (χ0n) is 15.2. The van der Waals surface area contributed by atoms with E-state index in [1.54, 1.807) is 18.4 Å². The number of nitrogens with zero attached hydrogens (tertiary/aromatic N) is 3. The van der Waals surface area contributed by atoms with Crippen molar-refractivity contribution in [3.8, 4) is 0 Å². The lowest BCUT2D eigenvalue weighted by molar-refractivity contribution is 0.686. The zero-order chi connectivity index (χ0) is 17.6. The molecular weight excluding hydrogens is 330 g/mol. The topological polar surface area (TPSA) is 52.6 Å². The van der Waals surface area contributed by atoms with Crippen LogP contribution < -0.4 is 15.5 Å². The van der Waals surface area contributed by atoms with Crippen LogP contribution in [0.5, 0.6) is 0 Å². The Morgan fingerprint density at radius 1 is 1.36 bits per heavy atom. The number of aryl methyl sites for hydroxylation is 1. The van der Waals surface area contributed by atoms with Crippen LogP contribution in [0, 0.1) is 6.92 Å². The number of benzene rings is 1. The van der Waals surface area contributed by atoms with Gasteiger partial charge < -0.3 is 15.5 Å². The SMILES string of the molecule is CN=C(NCc1cnc(C)s1)NC(C)c1cccc(N2CCCC2)c1. The average Bonchev–Trinajstić information content (AvgIpc) is 3.30. The molecule has 0 amide bonds. The molecule has 1 fully saturated rings. The molecule has 6 heteroatoms. The highest BCUT2D eigenvalue weighted by Gasteiger charge is 2.14. The fourth-order valence-electron chi connectivity index (χ4n) is 3.11. The number of guanidine groups is 1. The van der Waals surface area contributed by atoms with Crippen LogP contribution in [0.25, 0.3) is 0 Å². The molecule has 1 unspecified atom stereocenters. The molecule has 1 aromatic heterocycles. The molecule has 1 saturated heterocycles. The lowest BCUT2D eigenvalue weighted by atomic mass is 10.1. The van der Waals surface area contributed by atoms with Crippen molar-refractivity contribution in [2.24, 2.45) is 4.99 Å². The number of aliphatic imine (C=N–C) groups is 1. The maximum atomic E-state index is 4.34. The summed E-state index contributed by atoms with van der Waals surface area (Å²) in [6, 6.07) is 9.02. The van der Waals surface area contributed by atoms with Gasteiger partial charge in [0.05, 0.1) is 17.6 Å². The van der Waals surface area contributed by atoms with Crippen molar-refractivity contribution in [1.82, 2.24) is 15.6 Å². The normalized spacial score (nSPS) is 16.1. The molecule has 0 aliphatic carbocycles. The summed E-state index contributed by atoms with van der Waals surface area (Å²) in [5.74, 6) is 0.810. The van der Waals surface area contributed by atoms with Gasteiger partial charge in [0.25, 0.3) is 0 Å². The van der Waals surface area contributed by atoms with E-state index in [0.29, 0.717) is 0 Å². The zero-order valence-corrected chi connectivity index (χ0v) is 16.1. The smallest absolute Gasteiger partial charge is 0.191 e. The van der Waals surface area contributed by atoms with E-state index in [1.807, 2.05) is 13.1 Å². The van der Waals surface area contributed by atoms with Crippen LogP contribution in [0.2, 0.25) is 0 Å². The minimum atomic E-state index is 0.192. The van der Waals surface area contributed by atoms with Crippen LogP contribution in [0.4, 0.5) is 5.69 Å². The fraction of sp³-hybridized carbons (Fsp3) is 0.474. The molecule has 2 N–H and O–H groups in total. The maximum absolute atomic E-state index is 4.34. The van der Waals surface area contributed by atoms with E-state index in [1.165, 1.54) is 42.1 Å². The van der Waals surface area contributed by atoms with E-state index < -0.39 is 0 Å². The van der Waals surface area contributed by atoms with Crippen LogP contribution in [0.15, 0.2) is 35.5 Å². The number of aromatic nitrogens is 1. The van der Waals surface area contributed by atoms with E-state index in [0.717, 1.165) is 17.5 Å². The van der Waals surface area contributed by atoms with Gasteiger partial charge in [-0.1, -0.05) is 12.1 Å². The molecule has 25 heavy (non-hydrogen) atoms. The Hall–Kier alpha value is -2.08. The van der Waals surface area contributed by atoms with Crippen molar-refractivity contribution < 1.29 is 0 Å². The Morgan fingerprint density at radius 2 is 2.16 bits per heavy atom. The van der Waals surface area contributed by atoms with Gasteiger partial charge in [-0.3, -0.25) is 4.99 Å². The van der Waals surface area contributed by atoms with Crippen molar-refractivity contribution in [3.63, 3.8) is 0 Å². The van der Waals surface area contributed by atoms with Crippen LogP contribution in [0.1, 0.15) is 41.3 Å². The van der Waals surface area contributed by atoms with Crippen molar-refractivity contribution in [3.05, 3.63) is 45.9 Å². The van der Waals surface area contributed by atoms with E-state index in [9.17, 15) is 0 Å².